The Kier molecular flexibility index (Phi) is 5.93. The van der Waals surface area contributed by atoms with Crippen molar-refractivity contribution >= 4 is 23.0 Å². The summed E-state index contributed by atoms with van der Waals surface area (Å²) in [6.07, 6.45) is 3.05. The number of hydrogen-bond acceptors (Lipinski definition) is 3. The van der Waals surface area contributed by atoms with Crippen LogP contribution in [0.25, 0.3) is 11.0 Å². The van der Waals surface area contributed by atoms with Gasteiger partial charge in [-0.2, -0.15) is 0 Å². The molecule has 0 aliphatic carbocycles. The van der Waals surface area contributed by atoms with Gasteiger partial charge in [-0.25, -0.2) is 14.2 Å². The Morgan fingerprint density at radius 2 is 2.22 bits per heavy atom. The summed E-state index contributed by atoms with van der Waals surface area (Å²) in [5.74, 6) is 0.333. The second-order valence-electron chi connectivity index (χ2n) is 7.20. The standard InChI is InChI=1S/C19H26FN5O2/c1-24(2)19(27)25-10-4-5-13(12-25)18(26)21-9-3-6-17-22-15-8-7-14(20)11-16(15)23-17/h7-8,11,13H,3-6,9-10,12H2,1-2H3,(H,21,26)(H,22,23)/t13-/m1/s1. The molecule has 2 aromatic rings. The second kappa shape index (κ2) is 8.37. The van der Waals surface area contributed by atoms with E-state index in [2.05, 4.69) is 15.3 Å². The number of likely N-dealkylation sites (tertiary alicyclic amines) is 1. The number of nitrogens with one attached hydrogen (secondary N) is 2. The molecule has 1 aliphatic rings. The van der Waals surface area contributed by atoms with Crippen LogP contribution in [0.5, 0.6) is 0 Å². The molecule has 1 aromatic carbocycles. The summed E-state index contributed by atoms with van der Waals surface area (Å²) >= 11 is 0. The lowest BCUT2D eigenvalue weighted by molar-refractivity contribution is -0.126. The molecule has 8 heteroatoms. The van der Waals surface area contributed by atoms with E-state index in [1.54, 1.807) is 30.0 Å². The zero-order chi connectivity index (χ0) is 19.4. The first-order chi connectivity index (χ1) is 12.9. The molecule has 0 radical (unpaired) electrons. The van der Waals surface area contributed by atoms with Gasteiger partial charge in [-0.3, -0.25) is 4.79 Å². The maximum atomic E-state index is 13.2. The van der Waals surface area contributed by atoms with Gasteiger partial charge < -0.3 is 20.1 Å². The third kappa shape index (κ3) is 4.75. The summed E-state index contributed by atoms with van der Waals surface area (Å²) in [5.41, 5.74) is 1.42. The van der Waals surface area contributed by atoms with Crippen LogP contribution in [0.1, 0.15) is 25.1 Å². The highest BCUT2D eigenvalue weighted by Crippen LogP contribution is 2.18. The summed E-state index contributed by atoms with van der Waals surface area (Å²) < 4.78 is 13.2. The highest BCUT2D eigenvalue weighted by molar-refractivity contribution is 5.80. The minimum absolute atomic E-state index is 0.00191. The van der Waals surface area contributed by atoms with Gasteiger partial charge >= 0.3 is 6.03 Å². The number of benzene rings is 1. The van der Waals surface area contributed by atoms with Crippen LogP contribution in [-0.2, 0) is 11.2 Å². The zero-order valence-electron chi connectivity index (χ0n) is 15.8. The van der Waals surface area contributed by atoms with E-state index < -0.39 is 0 Å². The van der Waals surface area contributed by atoms with Gasteiger partial charge in [-0.15, -0.1) is 0 Å². The predicted octanol–water partition coefficient (Wildman–Crippen LogP) is 2.14. The van der Waals surface area contributed by atoms with Crippen molar-refractivity contribution in [1.29, 1.82) is 0 Å². The number of aromatic amines is 1. The number of halogens is 1. The maximum absolute atomic E-state index is 13.2. The predicted molar refractivity (Wildman–Crippen MR) is 101 cm³/mol. The lowest BCUT2D eigenvalue weighted by Gasteiger charge is -2.33. The summed E-state index contributed by atoms with van der Waals surface area (Å²) in [5, 5.41) is 2.96. The molecule has 2 heterocycles. The van der Waals surface area contributed by atoms with Gasteiger partial charge in [0.1, 0.15) is 11.6 Å². The third-order valence-electron chi connectivity index (χ3n) is 4.83. The lowest BCUT2D eigenvalue weighted by Crippen LogP contribution is -2.48. The Bertz CT molecular complexity index is 820. The van der Waals surface area contributed by atoms with Crippen molar-refractivity contribution in [2.24, 2.45) is 5.92 Å². The highest BCUT2D eigenvalue weighted by Gasteiger charge is 2.28. The molecule has 0 bridgehead atoms. The van der Waals surface area contributed by atoms with Crippen LogP contribution in [0.4, 0.5) is 9.18 Å². The van der Waals surface area contributed by atoms with E-state index in [4.69, 9.17) is 0 Å². The minimum atomic E-state index is -0.292. The average molecular weight is 375 g/mol. The lowest BCUT2D eigenvalue weighted by atomic mass is 9.97. The number of fused-ring (bicyclic) bond motifs is 1. The molecule has 1 fully saturated rings. The number of imidazole rings is 1. The van der Waals surface area contributed by atoms with E-state index in [1.807, 2.05) is 0 Å². The summed E-state index contributed by atoms with van der Waals surface area (Å²) in [7, 11) is 3.44. The molecular weight excluding hydrogens is 349 g/mol. The fraction of sp³-hybridized carbons (Fsp3) is 0.526. The van der Waals surface area contributed by atoms with E-state index in [9.17, 15) is 14.0 Å². The molecule has 1 aromatic heterocycles. The first kappa shape index (κ1) is 19.1. The molecule has 3 amide bonds. The summed E-state index contributed by atoms with van der Waals surface area (Å²) in [4.78, 5) is 35.3. The number of H-pyrrole nitrogens is 1. The number of rotatable bonds is 5. The average Bonchev–Trinajstić information content (AvgIpc) is 3.06. The molecule has 7 nitrogen and oxygen atoms in total. The fourth-order valence-corrected chi connectivity index (χ4v) is 3.41. The second-order valence-corrected chi connectivity index (χ2v) is 7.20. The summed E-state index contributed by atoms with van der Waals surface area (Å²) in [6.45, 7) is 1.72. The Labute approximate surface area is 157 Å². The molecule has 0 unspecified atom stereocenters. The van der Waals surface area contributed by atoms with Gasteiger partial charge in [0.25, 0.3) is 0 Å². The van der Waals surface area contributed by atoms with Crippen LogP contribution in [0.15, 0.2) is 18.2 Å². The van der Waals surface area contributed by atoms with Crippen LogP contribution in [0.2, 0.25) is 0 Å². The minimum Gasteiger partial charge on any atom is -0.356 e. The van der Waals surface area contributed by atoms with E-state index in [1.165, 1.54) is 12.1 Å². The van der Waals surface area contributed by atoms with E-state index in [-0.39, 0.29) is 23.7 Å². The molecule has 3 rings (SSSR count). The van der Waals surface area contributed by atoms with Crippen LogP contribution >= 0.6 is 0 Å². The van der Waals surface area contributed by atoms with Crippen LogP contribution < -0.4 is 5.32 Å². The van der Waals surface area contributed by atoms with Crippen molar-refractivity contribution in [3.8, 4) is 0 Å². The van der Waals surface area contributed by atoms with E-state index >= 15 is 0 Å². The third-order valence-corrected chi connectivity index (χ3v) is 4.83. The van der Waals surface area contributed by atoms with Gasteiger partial charge in [-0.05, 0) is 37.5 Å². The van der Waals surface area contributed by atoms with Crippen molar-refractivity contribution in [1.82, 2.24) is 25.1 Å². The van der Waals surface area contributed by atoms with Gasteiger partial charge in [0, 0.05) is 40.2 Å². The van der Waals surface area contributed by atoms with Crippen LogP contribution in [0.3, 0.4) is 0 Å². The molecule has 1 saturated heterocycles. The number of hydrogen-bond donors (Lipinski definition) is 2. The number of aromatic nitrogens is 2. The first-order valence-corrected chi connectivity index (χ1v) is 9.32. The number of aryl methyl sites for hydroxylation is 1. The monoisotopic (exact) mass is 375 g/mol. The number of carbonyl (C=O) groups is 2. The molecular formula is C19H26FN5O2. The number of amides is 3. The SMILES string of the molecule is CN(C)C(=O)N1CCC[C@@H](C(=O)NCCCc2nc3ccc(F)cc3[nH]2)C1. The Hall–Kier alpha value is -2.64. The Morgan fingerprint density at radius 1 is 1.41 bits per heavy atom. The Balaban J connectivity index is 1.44. The first-order valence-electron chi connectivity index (χ1n) is 9.32. The van der Waals surface area contributed by atoms with Crippen molar-refractivity contribution in [2.45, 2.75) is 25.7 Å². The number of urea groups is 1. The highest BCUT2D eigenvalue weighted by atomic mass is 19.1. The van der Waals surface area contributed by atoms with Crippen molar-refractivity contribution in [2.75, 3.05) is 33.7 Å². The molecule has 2 N–H and O–H groups in total. The fourth-order valence-electron chi connectivity index (χ4n) is 3.41. The molecule has 1 atom stereocenters. The van der Waals surface area contributed by atoms with Gasteiger partial charge in [0.05, 0.1) is 17.0 Å². The molecule has 27 heavy (non-hydrogen) atoms. The topological polar surface area (TPSA) is 81.3 Å². The summed E-state index contributed by atoms with van der Waals surface area (Å²) in [6, 6.07) is 4.42. The molecule has 1 aliphatic heterocycles. The van der Waals surface area contributed by atoms with Crippen molar-refractivity contribution < 1.29 is 14.0 Å². The largest absolute Gasteiger partial charge is 0.356 e. The number of nitrogens with zero attached hydrogens (tertiary/aromatic N) is 3. The molecule has 0 saturated carbocycles. The van der Waals surface area contributed by atoms with Crippen molar-refractivity contribution in [3.05, 3.63) is 29.8 Å². The molecule has 0 spiro atoms. The zero-order valence-corrected chi connectivity index (χ0v) is 15.8. The van der Waals surface area contributed by atoms with Crippen molar-refractivity contribution in [3.63, 3.8) is 0 Å². The normalized spacial score (nSPS) is 17.1. The van der Waals surface area contributed by atoms with E-state index in [0.29, 0.717) is 31.6 Å². The van der Waals surface area contributed by atoms with Gasteiger partial charge in [-0.1, -0.05) is 0 Å². The van der Waals surface area contributed by atoms with Gasteiger partial charge in [0.15, 0.2) is 0 Å². The van der Waals surface area contributed by atoms with Crippen LogP contribution in [0, 0.1) is 11.7 Å². The van der Waals surface area contributed by atoms with Crippen LogP contribution in [-0.4, -0.2) is 65.4 Å². The molecule has 146 valence electrons. The smallest absolute Gasteiger partial charge is 0.319 e. The number of carbonyl (C=O) groups excluding carboxylic acids is 2. The number of piperidine rings is 1. The van der Waals surface area contributed by atoms with E-state index in [0.717, 1.165) is 30.6 Å². The van der Waals surface area contributed by atoms with Gasteiger partial charge in [0.2, 0.25) is 5.91 Å². The Morgan fingerprint density at radius 3 is 3.00 bits per heavy atom. The maximum Gasteiger partial charge on any atom is 0.319 e. The quantitative estimate of drug-likeness (QED) is 0.786.